The second-order valence-electron chi connectivity index (χ2n) is 7.32. The van der Waals surface area contributed by atoms with Crippen molar-refractivity contribution in [3.8, 4) is 28.5 Å². The van der Waals surface area contributed by atoms with Gasteiger partial charge in [-0.25, -0.2) is 4.98 Å². The van der Waals surface area contributed by atoms with Crippen LogP contribution in [-0.2, 0) is 4.79 Å². The Bertz CT molecular complexity index is 1450. The van der Waals surface area contributed by atoms with Crippen molar-refractivity contribution in [2.75, 3.05) is 12.4 Å². The molecular formula is C27H20N2O4. The fraction of sp³-hybridized carbons (Fsp3) is 0.0370. The third kappa shape index (κ3) is 4.55. The van der Waals surface area contributed by atoms with E-state index < -0.39 is 0 Å². The summed E-state index contributed by atoms with van der Waals surface area (Å²) in [7, 11) is 1.61. The highest BCUT2D eigenvalue weighted by Crippen LogP contribution is 2.28. The van der Waals surface area contributed by atoms with Gasteiger partial charge in [0, 0.05) is 29.0 Å². The van der Waals surface area contributed by atoms with E-state index in [0.29, 0.717) is 34.2 Å². The van der Waals surface area contributed by atoms with Crippen molar-refractivity contribution in [1.29, 1.82) is 0 Å². The van der Waals surface area contributed by atoms with Crippen LogP contribution in [0.4, 0.5) is 5.69 Å². The highest BCUT2D eigenvalue weighted by molar-refractivity contribution is 6.02. The zero-order valence-electron chi connectivity index (χ0n) is 17.8. The van der Waals surface area contributed by atoms with Crippen LogP contribution in [0.3, 0.4) is 0 Å². The summed E-state index contributed by atoms with van der Waals surface area (Å²) in [4.78, 5) is 17.0. The zero-order chi connectivity index (χ0) is 22.6. The van der Waals surface area contributed by atoms with Crippen molar-refractivity contribution < 1.29 is 18.4 Å². The Hall–Kier alpha value is -4.58. The highest BCUT2D eigenvalue weighted by Gasteiger charge is 2.10. The maximum absolute atomic E-state index is 12.4. The number of nitrogens with zero attached hydrogens (tertiary/aromatic N) is 1. The number of oxazole rings is 1. The molecule has 1 N–H and O–H groups in total. The molecule has 3 aromatic carbocycles. The van der Waals surface area contributed by atoms with Gasteiger partial charge in [0.2, 0.25) is 11.8 Å². The molecule has 0 atom stereocenters. The second-order valence-corrected chi connectivity index (χ2v) is 7.32. The molecule has 6 heteroatoms. The standard InChI is InChI=1S/C27H20N2O4/c1-31-22-11-14-25-23(17-22)29-27(33-25)19-8-5-9-20(16-19)28-26(30)15-12-21-10-13-24(32-21)18-6-3-2-4-7-18/h2-17H,1H3,(H,28,30)/b15-12+. The van der Waals surface area contributed by atoms with E-state index in [1.807, 2.05) is 78.9 Å². The topological polar surface area (TPSA) is 77.5 Å². The Morgan fingerprint density at radius 2 is 1.76 bits per heavy atom. The van der Waals surface area contributed by atoms with E-state index >= 15 is 0 Å². The molecule has 0 aliphatic heterocycles. The number of aromatic nitrogens is 1. The van der Waals surface area contributed by atoms with Crippen molar-refractivity contribution in [2.24, 2.45) is 0 Å². The van der Waals surface area contributed by atoms with Crippen molar-refractivity contribution in [2.45, 2.75) is 0 Å². The third-order valence-corrected chi connectivity index (χ3v) is 5.06. The molecule has 0 saturated carbocycles. The summed E-state index contributed by atoms with van der Waals surface area (Å²) >= 11 is 0. The van der Waals surface area contributed by atoms with E-state index in [0.717, 1.165) is 16.9 Å². The molecule has 0 aliphatic carbocycles. The minimum atomic E-state index is -0.271. The van der Waals surface area contributed by atoms with E-state index in [4.69, 9.17) is 13.6 Å². The first kappa shape index (κ1) is 20.3. The molecule has 0 saturated heterocycles. The Kier molecular flexibility index (Phi) is 5.47. The Labute approximate surface area is 190 Å². The molecule has 1 amide bonds. The lowest BCUT2D eigenvalue weighted by Gasteiger charge is -2.03. The fourth-order valence-electron chi connectivity index (χ4n) is 3.43. The maximum atomic E-state index is 12.4. The summed E-state index contributed by atoms with van der Waals surface area (Å²) in [6.45, 7) is 0. The normalized spacial score (nSPS) is 11.2. The molecule has 33 heavy (non-hydrogen) atoms. The molecule has 6 nitrogen and oxygen atoms in total. The molecule has 0 bridgehead atoms. The van der Waals surface area contributed by atoms with Crippen molar-refractivity contribution >= 4 is 28.8 Å². The van der Waals surface area contributed by atoms with Crippen LogP contribution in [0.2, 0.25) is 0 Å². The SMILES string of the molecule is COc1ccc2oc(-c3cccc(NC(=O)/C=C/c4ccc(-c5ccccc5)o4)c3)nc2c1. The van der Waals surface area contributed by atoms with E-state index in [2.05, 4.69) is 10.3 Å². The smallest absolute Gasteiger partial charge is 0.248 e. The number of rotatable bonds is 6. The molecule has 2 aromatic heterocycles. The molecule has 0 radical (unpaired) electrons. The molecule has 0 unspecified atom stereocenters. The van der Waals surface area contributed by atoms with Crippen molar-refractivity contribution in [3.05, 3.63) is 96.8 Å². The largest absolute Gasteiger partial charge is 0.497 e. The lowest BCUT2D eigenvalue weighted by Crippen LogP contribution is -2.07. The molecule has 5 aromatic rings. The molecule has 0 aliphatic rings. The summed E-state index contributed by atoms with van der Waals surface area (Å²) < 4.78 is 16.9. The first-order valence-corrected chi connectivity index (χ1v) is 10.4. The average Bonchev–Trinajstić information content (AvgIpc) is 3.50. The molecule has 0 fully saturated rings. The van der Waals surface area contributed by atoms with E-state index in [9.17, 15) is 4.79 Å². The van der Waals surface area contributed by atoms with Gasteiger partial charge in [-0.05, 0) is 48.5 Å². The Balaban J connectivity index is 1.29. The van der Waals surface area contributed by atoms with Gasteiger partial charge in [0.05, 0.1) is 7.11 Å². The number of methoxy groups -OCH3 is 1. The number of carbonyl (C=O) groups is 1. The van der Waals surface area contributed by atoms with Crippen LogP contribution in [0.25, 0.3) is 40.0 Å². The van der Waals surface area contributed by atoms with Crippen LogP contribution in [0.5, 0.6) is 5.75 Å². The van der Waals surface area contributed by atoms with Gasteiger partial charge < -0.3 is 18.9 Å². The quantitative estimate of drug-likeness (QED) is 0.311. The zero-order valence-corrected chi connectivity index (χ0v) is 17.8. The lowest BCUT2D eigenvalue weighted by molar-refractivity contribution is -0.111. The number of benzene rings is 3. The van der Waals surface area contributed by atoms with Crippen LogP contribution < -0.4 is 10.1 Å². The predicted molar refractivity (Wildman–Crippen MR) is 128 cm³/mol. The summed E-state index contributed by atoms with van der Waals surface area (Å²) in [6.07, 6.45) is 3.08. The monoisotopic (exact) mass is 436 g/mol. The van der Waals surface area contributed by atoms with Gasteiger partial charge in [-0.2, -0.15) is 0 Å². The highest BCUT2D eigenvalue weighted by atomic mass is 16.5. The average molecular weight is 436 g/mol. The number of carbonyl (C=O) groups excluding carboxylic acids is 1. The van der Waals surface area contributed by atoms with Gasteiger partial charge in [0.15, 0.2) is 5.58 Å². The molecular weight excluding hydrogens is 416 g/mol. The number of fused-ring (bicyclic) bond motifs is 1. The van der Waals surface area contributed by atoms with E-state index in [-0.39, 0.29) is 5.91 Å². The molecule has 0 spiro atoms. The second kappa shape index (κ2) is 8.88. The Morgan fingerprint density at radius 1 is 0.909 bits per heavy atom. The van der Waals surface area contributed by atoms with E-state index in [1.54, 1.807) is 19.3 Å². The number of hydrogen-bond acceptors (Lipinski definition) is 5. The van der Waals surface area contributed by atoms with E-state index in [1.165, 1.54) is 6.08 Å². The number of amides is 1. The van der Waals surface area contributed by atoms with Crippen LogP contribution >= 0.6 is 0 Å². The number of ether oxygens (including phenoxy) is 1. The van der Waals surface area contributed by atoms with Crippen molar-refractivity contribution in [3.63, 3.8) is 0 Å². The fourth-order valence-corrected chi connectivity index (χ4v) is 3.43. The molecule has 2 heterocycles. The molecule has 162 valence electrons. The maximum Gasteiger partial charge on any atom is 0.248 e. The number of hydrogen-bond donors (Lipinski definition) is 1. The third-order valence-electron chi connectivity index (χ3n) is 5.06. The van der Waals surface area contributed by atoms with Gasteiger partial charge in [0.1, 0.15) is 22.8 Å². The summed E-state index contributed by atoms with van der Waals surface area (Å²) in [5.74, 6) is 2.25. The first-order valence-electron chi connectivity index (χ1n) is 10.4. The minimum absolute atomic E-state index is 0.271. The van der Waals surface area contributed by atoms with Crippen LogP contribution in [0.15, 0.2) is 99.8 Å². The van der Waals surface area contributed by atoms with Gasteiger partial charge in [-0.3, -0.25) is 4.79 Å². The first-order chi connectivity index (χ1) is 16.2. The van der Waals surface area contributed by atoms with Gasteiger partial charge in [-0.1, -0.05) is 36.4 Å². The van der Waals surface area contributed by atoms with Crippen LogP contribution in [0, 0.1) is 0 Å². The number of anilines is 1. The molecule has 5 rings (SSSR count). The summed E-state index contributed by atoms with van der Waals surface area (Å²) in [5.41, 5.74) is 3.74. The van der Waals surface area contributed by atoms with Gasteiger partial charge in [-0.15, -0.1) is 0 Å². The lowest BCUT2D eigenvalue weighted by atomic mass is 10.2. The summed E-state index contributed by atoms with van der Waals surface area (Å²) in [6, 6.07) is 26.3. The van der Waals surface area contributed by atoms with Crippen molar-refractivity contribution in [1.82, 2.24) is 4.98 Å². The summed E-state index contributed by atoms with van der Waals surface area (Å²) in [5, 5.41) is 2.86. The number of furan rings is 1. The van der Waals surface area contributed by atoms with Crippen LogP contribution in [0.1, 0.15) is 5.76 Å². The number of nitrogens with one attached hydrogen (secondary N) is 1. The van der Waals surface area contributed by atoms with Gasteiger partial charge in [0.25, 0.3) is 0 Å². The minimum Gasteiger partial charge on any atom is -0.497 e. The van der Waals surface area contributed by atoms with Crippen LogP contribution in [-0.4, -0.2) is 18.0 Å². The predicted octanol–water partition coefficient (Wildman–Crippen LogP) is 6.42. The Morgan fingerprint density at radius 3 is 2.61 bits per heavy atom. The van der Waals surface area contributed by atoms with Gasteiger partial charge >= 0.3 is 0 Å².